The van der Waals surface area contributed by atoms with E-state index in [9.17, 15) is 9.18 Å². The molecule has 10 heteroatoms. The molecule has 0 saturated carbocycles. The van der Waals surface area contributed by atoms with E-state index >= 15 is 0 Å². The first kappa shape index (κ1) is 30.8. The minimum Gasteiger partial charge on any atom is -0.336 e. The Morgan fingerprint density at radius 3 is 2.49 bits per heavy atom. The van der Waals surface area contributed by atoms with Gasteiger partial charge in [0.2, 0.25) is 5.95 Å². The number of piperazine rings is 1. The van der Waals surface area contributed by atoms with E-state index in [1.165, 1.54) is 6.07 Å². The predicted octanol–water partition coefficient (Wildman–Crippen LogP) is 6.02. The second kappa shape index (κ2) is 13.9. The van der Waals surface area contributed by atoms with Gasteiger partial charge in [-0.15, -0.1) is 0 Å². The van der Waals surface area contributed by atoms with E-state index in [0.29, 0.717) is 34.8 Å². The first-order valence-electron chi connectivity index (χ1n) is 15.5. The largest absolute Gasteiger partial charge is 0.336 e. The van der Waals surface area contributed by atoms with Crippen LogP contribution in [-0.4, -0.2) is 88.1 Å². The van der Waals surface area contributed by atoms with Crippen molar-refractivity contribution in [3.05, 3.63) is 107 Å². The number of aliphatic imine (C=N–C) groups is 1. The van der Waals surface area contributed by atoms with E-state index in [2.05, 4.69) is 38.9 Å². The van der Waals surface area contributed by atoms with Gasteiger partial charge in [0, 0.05) is 79.6 Å². The predicted molar refractivity (Wildman–Crippen MR) is 179 cm³/mol. The Morgan fingerprint density at radius 1 is 1.00 bits per heavy atom. The van der Waals surface area contributed by atoms with Crippen LogP contribution >= 0.6 is 11.6 Å². The Morgan fingerprint density at radius 2 is 1.76 bits per heavy atom. The maximum Gasteiger partial charge on any atom is 0.253 e. The normalized spacial score (nSPS) is 16.6. The molecule has 45 heavy (non-hydrogen) atoms. The number of halogens is 2. The zero-order valence-corrected chi connectivity index (χ0v) is 26.4. The number of likely N-dealkylation sites (N-methyl/N-ethyl adjacent to an activating group) is 1. The Bertz CT molecular complexity index is 1690. The highest BCUT2D eigenvalue weighted by Gasteiger charge is 2.26. The van der Waals surface area contributed by atoms with Gasteiger partial charge in [-0.25, -0.2) is 19.4 Å². The fourth-order valence-corrected chi connectivity index (χ4v) is 6.11. The molecule has 1 saturated heterocycles. The molecule has 2 aromatic carbocycles. The van der Waals surface area contributed by atoms with Crippen LogP contribution in [0.3, 0.4) is 0 Å². The van der Waals surface area contributed by atoms with Gasteiger partial charge in [0.05, 0.1) is 5.69 Å². The molecule has 2 aliphatic heterocycles. The molecular weight excluding hydrogens is 589 g/mol. The Kier molecular flexibility index (Phi) is 9.49. The zero-order chi connectivity index (χ0) is 31.3. The third-order valence-electron chi connectivity index (χ3n) is 8.64. The summed E-state index contributed by atoms with van der Waals surface area (Å²) in [5.41, 5.74) is 5.76. The maximum absolute atomic E-state index is 14.8. The van der Waals surface area contributed by atoms with Crippen molar-refractivity contribution in [2.24, 2.45) is 4.99 Å². The molecule has 1 fully saturated rings. The maximum atomic E-state index is 14.8. The molecule has 0 bridgehead atoms. The highest BCUT2D eigenvalue weighted by atomic mass is 35.5. The molecule has 232 valence electrons. The van der Waals surface area contributed by atoms with Crippen LogP contribution in [0.4, 0.5) is 16.0 Å². The third kappa shape index (κ3) is 6.91. The van der Waals surface area contributed by atoms with E-state index in [1.54, 1.807) is 36.7 Å². The number of carbonyl (C=O) groups excluding carboxylic acids is 1. The van der Waals surface area contributed by atoms with Gasteiger partial charge in [-0.05, 0) is 67.1 Å². The number of rotatable bonds is 9. The smallest absolute Gasteiger partial charge is 0.253 e. The number of carbonyl (C=O) groups is 1. The van der Waals surface area contributed by atoms with Gasteiger partial charge >= 0.3 is 0 Å². The van der Waals surface area contributed by atoms with Crippen molar-refractivity contribution in [2.45, 2.75) is 20.3 Å². The zero-order valence-electron chi connectivity index (χ0n) is 25.6. The van der Waals surface area contributed by atoms with E-state index < -0.39 is 0 Å². The molecule has 0 spiro atoms. The molecule has 1 amide bonds. The van der Waals surface area contributed by atoms with E-state index in [4.69, 9.17) is 16.6 Å². The number of hydrogen-bond acceptors (Lipinski definition) is 7. The van der Waals surface area contributed by atoms with Gasteiger partial charge in [0.15, 0.2) is 0 Å². The number of benzene rings is 2. The van der Waals surface area contributed by atoms with Crippen LogP contribution in [0.2, 0.25) is 0 Å². The quantitative estimate of drug-likeness (QED) is 0.314. The number of nitrogens with zero attached hydrogens (tertiary/aromatic N) is 6. The summed E-state index contributed by atoms with van der Waals surface area (Å²) < 4.78 is 14.8. The molecule has 8 nitrogen and oxygen atoms in total. The summed E-state index contributed by atoms with van der Waals surface area (Å²) in [4.78, 5) is 33.8. The van der Waals surface area contributed by atoms with Crippen molar-refractivity contribution in [1.29, 1.82) is 0 Å². The van der Waals surface area contributed by atoms with Gasteiger partial charge < -0.3 is 15.1 Å². The summed E-state index contributed by atoms with van der Waals surface area (Å²) in [5, 5.41) is 3.53. The van der Waals surface area contributed by atoms with Crippen molar-refractivity contribution in [3.63, 3.8) is 0 Å². The summed E-state index contributed by atoms with van der Waals surface area (Å²) in [6.07, 6.45) is 7.79. The molecule has 1 aromatic heterocycles. The van der Waals surface area contributed by atoms with E-state index in [-0.39, 0.29) is 16.9 Å². The molecule has 0 atom stereocenters. The minimum absolute atomic E-state index is 0.0486. The van der Waals surface area contributed by atoms with Crippen LogP contribution in [0.25, 0.3) is 11.1 Å². The second-order valence-corrected chi connectivity index (χ2v) is 11.7. The highest BCUT2D eigenvalue weighted by Crippen LogP contribution is 2.41. The minimum atomic E-state index is -0.332. The van der Waals surface area contributed by atoms with Gasteiger partial charge in [-0.3, -0.25) is 9.69 Å². The average Bonchev–Trinajstić information content (AvgIpc) is 3.24. The lowest BCUT2D eigenvalue weighted by atomic mass is 9.85. The lowest BCUT2D eigenvalue weighted by Gasteiger charge is -2.35. The number of hydrogen-bond donors (Lipinski definition) is 1. The first-order chi connectivity index (χ1) is 21.9. The lowest BCUT2D eigenvalue weighted by molar-refractivity contribution is 0.0625. The van der Waals surface area contributed by atoms with Gasteiger partial charge in [-0.1, -0.05) is 49.7 Å². The van der Waals surface area contributed by atoms with Crippen molar-refractivity contribution < 1.29 is 9.18 Å². The third-order valence-corrected chi connectivity index (χ3v) is 8.85. The molecule has 1 N–H and O–H groups in total. The topological polar surface area (TPSA) is 77.0 Å². The first-order valence-corrected chi connectivity index (χ1v) is 15.9. The van der Waals surface area contributed by atoms with Crippen LogP contribution in [-0.2, 0) is 6.42 Å². The van der Waals surface area contributed by atoms with Gasteiger partial charge in [0.1, 0.15) is 11.0 Å². The van der Waals surface area contributed by atoms with Crippen LogP contribution in [0.5, 0.6) is 0 Å². The van der Waals surface area contributed by atoms with Crippen molar-refractivity contribution >= 4 is 45.5 Å². The summed E-state index contributed by atoms with van der Waals surface area (Å²) in [5.74, 6) is 0.125. The summed E-state index contributed by atoms with van der Waals surface area (Å²) in [7, 11) is 0. The van der Waals surface area contributed by atoms with Crippen LogP contribution < -0.4 is 5.32 Å². The number of aromatic nitrogens is 2. The molecule has 3 heterocycles. The van der Waals surface area contributed by atoms with Crippen molar-refractivity contribution in [1.82, 2.24) is 24.7 Å². The number of fused-ring (bicyclic) bond motifs is 3. The molecule has 0 unspecified atom stereocenters. The average molecular weight is 626 g/mol. The van der Waals surface area contributed by atoms with Crippen molar-refractivity contribution in [3.8, 4) is 0 Å². The van der Waals surface area contributed by atoms with Gasteiger partial charge in [0.25, 0.3) is 5.91 Å². The number of nitrogens with one attached hydrogen (secondary N) is 1. The Labute approximate surface area is 268 Å². The number of amides is 1. The highest BCUT2D eigenvalue weighted by molar-refractivity contribution is 6.69. The number of allylic oxidation sites excluding steroid dienone is 5. The van der Waals surface area contributed by atoms with Gasteiger partial charge in [-0.2, -0.15) is 0 Å². The molecule has 0 radical (unpaired) electrons. The second-order valence-electron chi connectivity index (χ2n) is 11.3. The standard InChI is InChI=1S/C35H37ClFN7O/c1-3-42(4-2)15-16-43-17-19-44(20-18-43)34(45)24-9-12-26(13-10-24)40-35-39-22-25-11-14-27-29(28-7-5-6-8-31(28)37)21-32(36)38-23-30(27)33(25)41-35/h5-10,12-14,21-23H,3-4,11,15-20H2,1-2H3,(H,39,40,41). The molecule has 1 aliphatic carbocycles. The Balaban J connectivity index is 1.12. The van der Waals surface area contributed by atoms with E-state index in [1.807, 2.05) is 35.2 Å². The lowest BCUT2D eigenvalue weighted by Crippen LogP contribution is -2.50. The van der Waals surface area contributed by atoms with Crippen LogP contribution in [0, 0.1) is 5.82 Å². The SMILES string of the molecule is CCN(CC)CCN1CCN(C(=O)c2ccc(Nc3ncc4c(n3)C3=CN=C(Cl)C=C(c5ccccc5F)C3=CC4)cc2)CC1. The fourth-order valence-electron chi connectivity index (χ4n) is 5.95. The summed E-state index contributed by atoms with van der Waals surface area (Å²) in [6, 6.07) is 14.1. The summed E-state index contributed by atoms with van der Waals surface area (Å²) in [6.45, 7) is 11.9. The molecule has 3 aliphatic rings. The molecule has 6 rings (SSSR count). The fraction of sp³-hybridized carbons (Fsp3) is 0.314. The number of anilines is 2. The van der Waals surface area contributed by atoms with E-state index in [0.717, 1.165) is 74.8 Å². The molecule has 3 aromatic rings. The van der Waals surface area contributed by atoms with Crippen LogP contribution in [0.15, 0.2) is 83.6 Å². The Hall–Kier alpha value is -4.18. The van der Waals surface area contributed by atoms with Crippen LogP contribution in [0.1, 0.15) is 41.0 Å². The monoisotopic (exact) mass is 625 g/mol. The van der Waals surface area contributed by atoms with Crippen molar-refractivity contribution in [2.75, 3.05) is 57.7 Å². The summed E-state index contributed by atoms with van der Waals surface area (Å²) >= 11 is 6.38. The molecular formula is C35H37ClFN7O.